The molecule has 0 aliphatic carbocycles. The Balaban J connectivity index is 2.63. The molecule has 0 aliphatic rings. The van der Waals surface area contributed by atoms with E-state index < -0.39 is 12.0 Å². The van der Waals surface area contributed by atoms with Gasteiger partial charge in [0.2, 0.25) is 0 Å². The highest BCUT2D eigenvalue weighted by molar-refractivity contribution is 6.30. The van der Waals surface area contributed by atoms with Gasteiger partial charge >= 0.3 is 5.97 Å². The number of rotatable bonds is 2. The van der Waals surface area contributed by atoms with Crippen LogP contribution in [0.4, 0.5) is 0 Å². The molecule has 2 rings (SSSR count). The molecule has 0 amide bonds. The first-order chi connectivity index (χ1) is 7.11. The van der Waals surface area contributed by atoms with E-state index in [9.17, 15) is 4.79 Å². The van der Waals surface area contributed by atoms with Gasteiger partial charge in [-0.15, -0.1) is 0 Å². The predicted molar refractivity (Wildman–Crippen MR) is 52.6 cm³/mol. The summed E-state index contributed by atoms with van der Waals surface area (Å²) in [4.78, 5) is 18.5. The average molecular weight is 227 g/mol. The number of hydrogen-bond donors (Lipinski definition) is 2. The summed E-state index contributed by atoms with van der Waals surface area (Å²) in [6.45, 7) is 0. The Morgan fingerprint density at radius 2 is 2.40 bits per heavy atom. The smallest absolute Gasteiger partial charge is 0.326 e. The Hall–Kier alpha value is -1.66. The molecular weight excluding hydrogens is 220 g/mol. The molecule has 78 valence electrons. The second kappa shape index (κ2) is 3.48. The molecule has 7 heteroatoms. The molecule has 6 nitrogen and oxygen atoms in total. The molecule has 1 unspecified atom stereocenters. The number of carboxylic acids is 1. The van der Waals surface area contributed by atoms with Crippen LogP contribution in [-0.4, -0.2) is 25.4 Å². The number of carboxylic acid groups (broad SMARTS) is 1. The average Bonchev–Trinajstić information content (AvgIpc) is 2.56. The van der Waals surface area contributed by atoms with E-state index >= 15 is 0 Å². The highest BCUT2D eigenvalue weighted by Crippen LogP contribution is 2.22. The Labute approximate surface area is 89.3 Å². The van der Waals surface area contributed by atoms with Gasteiger partial charge in [-0.05, 0) is 0 Å². The van der Waals surface area contributed by atoms with E-state index in [-0.39, 0.29) is 10.8 Å². The molecule has 1 atom stereocenters. The van der Waals surface area contributed by atoms with Crippen molar-refractivity contribution in [1.29, 1.82) is 0 Å². The van der Waals surface area contributed by atoms with Gasteiger partial charge in [0.05, 0.1) is 6.20 Å². The normalized spacial score (nSPS) is 12.9. The number of nitrogens with two attached hydrogens (primary N) is 1. The number of imidazole rings is 1. The molecule has 0 fully saturated rings. The van der Waals surface area contributed by atoms with Crippen molar-refractivity contribution in [2.45, 2.75) is 6.04 Å². The largest absolute Gasteiger partial charge is 0.480 e. The van der Waals surface area contributed by atoms with E-state index in [1.54, 1.807) is 6.20 Å². The monoisotopic (exact) mass is 226 g/mol. The number of hydrogen-bond acceptors (Lipinski definition) is 4. The van der Waals surface area contributed by atoms with Crippen molar-refractivity contribution in [2.75, 3.05) is 0 Å². The third-order valence-corrected chi connectivity index (χ3v) is 2.33. The van der Waals surface area contributed by atoms with E-state index in [1.807, 2.05) is 0 Å². The molecule has 0 bridgehead atoms. The van der Waals surface area contributed by atoms with Crippen molar-refractivity contribution < 1.29 is 9.90 Å². The summed E-state index contributed by atoms with van der Waals surface area (Å²) in [7, 11) is 0. The zero-order valence-electron chi connectivity index (χ0n) is 7.46. The Kier molecular flexibility index (Phi) is 2.29. The van der Waals surface area contributed by atoms with E-state index in [0.717, 1.165) is 0 Å². The highest BCUT2D eigenvalue weighted by atomic mass is 35.5. The standard InChI is InChI=1S/C8H7ClN4O2/c9-7-6(5(10)8(14)15)12-4-3-11-1-2-13(4)7/h1-3,5H,10H2,(H,14,15). The minimum Gasteiger partial charge on any atom is -0.480 e. The minimum absolute atomic E-state index is 0.136. The van der Waals surface area contributed by atoms with Gasteiger partial charge in [0.25, 0.3) is 0 Å². The van der Waals surface area contributed by atoms with Crippen LogP contribution in [0.5, 0.6) is 0 Å². The Bertz CT molecular complexity index is 524. The fraction of sp³-hybridized carbons (Fsp3) is 0.125. The summed E-state index contributed by atoms with van der Waals surface area (Å²) >= 11 is 5.93. The molecule has 15 heavy (non-hydrogen) atoms. The van der Waals surface area contributed by atoms with Gasteiger partial charge in [-0.1, -0.05) is 11.6 Å². The lowest BCUT2D eigenvalue weighted by Crippen LogP contribution is -2.21. The number of aliphatic carboxylic acids is 1. The molecule has 0 saturated carbocycles. The second-order valence-electron chi connectivity index (χ2n) is 2.91. The van der Waals surface area contributed by atoms with Crippen LogP contribution >= 0.6 is 11.6 Å². The van der Waals surface area contributed by atoms with Crippen LogP contribution in [0.1, 0.15) is 11.7 Å². The summed E-state index contributed by atoms with van der Waals surface area (Å²) in [6.07, 6.45) is 4.59. The molecule has 2 aromatic heterocycles. The minimum atomic E-state index is -1.22. The fourth-order valence-corrected chi connectivity index (χ4v) is 1.51. The maximum atomic E-state index is 10.7. The molecule has 3 N–H and O–H groups in total. The van der Waals surface area contributed by atoms with Gasteiger partial charge in [-0.25, -0.2) is 4.98 Å². The van der Waals surface area contributed by atoms with Crippen LogP contribution in [0.25, 0.3) is 5.65 Å². The number of carbonyl (C=O) groups is 1. The van der Waals surface area contributed by atoms with Gasteiger partial charge in [0.15, 0.2) is 5.65 Å². The van der Waals surface area contributed by atoms with Crippen molar-refractivity contribution in [3.63, 3.8) is 0 Å². The maximum absolute atomic E-state index is 10.7. The lowest BCUT2D eigenvalue weighted by atomic mass is 10.2. The van der Waals surface area contributed by atoms with Crippen LogP contribution in [0, 0.1) is 0 Å². The van der Waals surface area contributed by atoms with E-state index in [4.69, 9.17) is 22.4 Å². The van der Waals surface area contributed by atoms with E-state index in [2.05, 4.69) is 9.97 Å². The number of halogens is 1. The Morgan fingerprint density at radius 1 is 1.67 bits per heavy atom. The van der Waals surface area contributed by atoms with Crippen LogP contribution in [0.2, 0.25) is 5.15 Å². The van der Waals surface area contributed by atoms with Gasteiger partial charge in [-0.2, -0.15) is 0 Å². The molecular formula is C8H7ClN4O2. The lowest BCUT2D eigenvalue weighted by Gasteiger charge is -2.01. The Morgan fingerprint density at radius 3 is 3.00 bits per heavy atom. The third-order valence-electron chi connectivity index (χ3n) is 1.96. The summed E-state index contributed by atoms with van der Waals surface area (Å²) in [6, 6.07) is -1.22. The van der Waals surface area contributed by atoms with E-state index in [0.29, 0.717) is 5.65 Å². The van der Waals surface area contributed by atoms with Crippen molar-refractivity contribution in [3.8, 4) is 0 Å². The van der Waals surface area contributed by atoms with Crippen molar-refractivity contribution in [1.82, 2.24) is 14.4 Å². The summed E-state index contributed by atoms with van der Waals surface area (Å²) in [5.74, 6) is -1.17. The molecule has 0 aromatic carbocycles. The van der Waals surface area contributed by atoms with Gasteiger partial charge in [-0.3, -0.25) is 14.2 Å². The molecule has 0 spiro atoms. The van der Waals surface area contributed by atoms with Crippen molar-refractivity contribution >= 4 is 23.2 Å². The summed E-state index contributed by atoms with van der Waals surface area (Å²) < 4.78 is 1.52. The maximum Gasteiger partial charge on any atom is 0.326 e. The summed E-state index contributed by atoms with van der Waals surface area (Å²) in [5, 5.41) is 8.93. The zero-order valence-corrected chi connectivity index (χ0v) is 8.22. The highest BCUT2D eigenvalue weighted by Gasteiger charge is 2.22. The quantitative estimate of drug-likeness (QED) is 0.776. The molecule has 2 aromatic rings. The SMILES string of the molecule is NC(C(=O)O)c1nc2cnccn2c1Cl. The number of nitrogens with zero attached hydrogens (tertiary/aromatic N) is 3. The number of aromatic nitrogens is 3. The fourth-order valence-electron chi connectivity index (χ4n) is 1.21. The molecule has 2 heterocycles. The molecule has 0 aliphatic heterocycles. The van der Waals surface area contributed by atoms with Gasteiger partial charge < -0.3 is 10.8 Å². The van der Waals surface area contributed by atoms with Crippen LogP contribution < -0.4 is 5.73 Å². The van der Waals surface area contributed by atoms with E-state index in [1.165, 1.54) is 16.8 Å². The number of fused-ring (bicyclic) bond motifs is 1. The topological polar surface area (TPSA) is 93.5 Å². The first kappa shape index (κ1) is 9.88. The van der Waals surface area contributed by atoms with Gasteiger partial charge in [0.1, 0.15) is 16.9 Å². The van der Waals surface area contributed by atoms with Gasteiger partial charge in [0, 0.05) is 12.4 Å². The first-order valence-electron chi connectivity index (χ1n) is 4.07. The second-order valence-corrected chi connectivity index (χ2v) is 3.27. The third kappa shape index (κ3) is 1.53. The van der Waals surface area contributed by atoms with Crippen LogP contribution in [0.15, 0.2) is 18.6 Å². The zero-order chi connectivity index (χ0) is 11.0. The van der Waals surface area contributed by atoms with Crippen molar-refractivity contribution in [3.05, 3.63) is 29.4 Å². The lowest BCUT2D eigenvalue weighted by molar-refractivity contribution is -0.138. The summed E-state index contributed by atoms with van der Waals surface area (Å²) in [5.41, 5.74) is 6.03. The van der Waals surface area contributed by atoms with Crippen molar-refractivity contribution in [2.24, 2.45) is 5.73 Å². The first-order valence-corrected chi connectivity index (χ1v) is 4.45. The molecule has 0 radical (unpaired) electrons. The van der Waals surface area contributed by atoms with Crippen LogP contribution in [-0.2, 0) is 4.79 Å². The van der Waals surface area contributed by atoms with Crippen LogP contribution in [0.3, 0.4) is 0 Å². The predicted octanol–water partition coefficient (Wildman–Crippen LogP) is 0.467. The molecule has 0 saturated heterocycles.